The largest absolute Gasteiger partial charge is 0.431 e. The highest BCUT2D eigenvalue weighted by molar-refractivity contribution is 7.87. The molecule has 2 aromatic rings. The summed E-state index contributed by atoms with van der Waals surface area (Å²) in [5.74, 6) is -6.95. The molecule has 2 aliphatic carbocycles. The van der Waals surface area contributed by atoms with Crippen LogP contribution in [0.2, 0.25) is 0 Å². The van der Waals surface area contributed by atoms with Crippen molar-refractivity contribution >= 4 is 29.3 Å². The normalized spacial score (nSPS) is 22.2. The average Bonchev–Trinajstić information content (AvgIpc) is 3.42. The van der Waals surface area contributed by atoms with Gasteiger partial charge < -0.3 is 0 Å². The molecule has 2 aromatic carbocycles. The summed E-state index contributed by atoms with van der Waals surface area (Å²) in [6, 6.07) is 18.2. The van der Waals surface area contributed by atoms with E-state index in [4.69, 9.17) is 4.55 Å². The molecule has 9 heteroatoms. The van der Waals surface area contributed by atoms with Crippen molar-refractivity contribution < 1.29 is 30.5 Å². The van der Waals surface area contributed by atoms with E-state index in [1.54, 1.807) is 0 Å². The number of halogens is 4. The lowest BCUT2D eigenvalue weighted by Gasteiger charge is -2.33. The van der Waals surface area contributed by atoms with E-state index >= 15 is 0 Å². The molecule has 0 aliphatic heterocycles. The van der Waals surface area contributed by atoms with Gasteiger partial charge in [-0.1, -0.05) is 105 Å². The van der Waals surface area contributed by atoms with Gasteiger partial charge in [-0.3, -0.25) is 4.55 Å². The van der Waals surface area contributed by atoms with E-state index in [0.29, 0.717) is 12.8 Å². The molecule has 3 nitrogen and oxygen atoms in total. The maximum atomic E-state index is 13.6. The highest BCUT2D eigenvalue weighted by atomic mass is 32.2. The summed E-state index contributed by atoms with van der Waals surface area (Å²) in [5, 5.41) is -2.59. The molecular formula is C29H39F4O3PS. The maximum absolute atomic E-state index is 13.6. The van der Waals surface area contributed by atoms with Crippen LogP contribution in [0.15, 0.2) is 48.5 Å². The highest BCUT2D eigenvalue weighted by Gasteiger charge is 2.71. The third-order valence-electron chi connectivity index (χ3n) is 7.71. The Morgan fingerprint density at radius 2 is 1.16 bits per heavy atom. The predicted octanol–water partition coefficient (Wildman–Crippen LogP) is 7.45. The van der Waals surface area contributed by atoms with Crippen molar-refractivity contribution in [2.45, 2.75) is 89.2 Å². The molecule has 3 atom stereocenters. The summed E-state index contributed by atoms with van der Waals surface area (Å²) in [5.41, 5.74) is 3.27. The summed E-state index contributed by atoms with van der Waals surface area (Å²) >= 11 is 0. The molecule has 3 unspecified atom stereocenters. The number of rotatable bonds is 5. The quantitative estimate of drug-likeness (QED) is 0.229. The first-order valence-electron chi connectivity index (χ1n) is 12.9. The minimum atomic E-state index is -6.10. The van der Waals surface area contributed by atoms with E-state index in [0.717, 1.165) is 15.0 Å². The molecule has 0 spiro atoms. The van der Waals surface area contributed by atoms with Crippen LogP contribution < -0.4 is 10.6 Å². The van der Waals surface area contributed by atoms with Crippen LogP contribution in [0.25, 0.3) is 0 Å². The first-order valence-corrected chi connectivity index (χ1v) is 15.4. The van der Waals surface area contributed by atoms with Gasteiger partial charge >= 0.3 is 21.3 Å². The van der Waals surface area contributed by atoms with Crippen molar-refractivity contribution in [2.24, 2.45) is 17.8 Å². The second-order valence-corrected chi connectivity index (χ2v) is 15.5. The summed E-state index contributed by atoms with van der Waals surface area (Å²) < 4.78 is 82.4. The molecule has 0 heterocycles. The van der Waals surface area contributed by atoms with Gasteiger partial charge in [-0.15, -0.1) is 0 Å². The van der Waals surface area contributed by atoms with E-state index in [9.17, 15) is 26.0 Å². The summed E-state index contributed by atoms with van der Waals surface area (Å²) in [4.78, 5) is 0. The molecule has 2 saturated carbocycles. The van der Waals surface area contributed by atoms with E-state index in [1.165, 1.54) is 21.7 Å². The second-order valence-electron chi connectivity index (χ2n) is 12.7. The Morgan fingerprint density at radius 3 is 1.45 bits per heavy atom. The molecule has 0 saturated heterocycles. The number of alkyl halides is 4. The number of benzene rings is 2. The Bertz CT molecular complexity index is 1140. The molecule has 0 aromatic heterocycles. The Balaban J connectivity index is 0.000000215. The fourth-order valence-electron chi connectivity index (χ4n) is 5.35. The molecule has 0 amide bonds. The molecule has 2 bridgehead atoms. The van der Waals surface area contributed by atoms with Gasteiger partial charge in [-0.05, 0) is 63.7 Å². The predicted molar refractivity (Wildman–Crippen MR) is 148 cm³/mol. The van der Waals surface area contributed by atoms with Gasteiger partial charge in [0.1, 0.15) is 0 Å². The smallest absolute Gasteiger partial charge is 0.281 e. The van der Waals surface area contributed by atoms with Crippen LogP contribution in [0.1, 0.15) is 78.4 Å². The molecular weight excluding hydrogens is 535 g/mol. The first-order chi connectivity index (χ1) is 17.2. The summed E-state index contributed by atoms with van der Waals surface area (Å²) in [7, 11) is -5.36. The van der Waals surface area contributed by atoms with Crippen molar-refractivity contribution in [3.05, 3.63) is 59.7 Å². The lowest BCUT2D eigenvalue weighted by molar-refractivity contribution is -0.202. The van der Waals surface area contributed by atoms with Crippen LogP contribution in [0, 0.1) is 17.8 Å². The summed E-state index contributed by atoms with van der Waals surface area (Å²) in [6.07, 6.45) is 1.51. The number of hydrogen-bond acceptors (Lipinski definition) is 2. The number of fused-ring (bicyclic) bond motifs is 2. The van der Waals surface area contributed by atoms with Gasteiger partial charge in [-0.25, -0.2) is 0 Å². The SMILES string of the molecule is CC(C)(C)c1ccc(Pc2ccc(C(C)(C)C)cc2)cc1.O=S(=O)(O)C(F)(F)C(F)(F)C1CC2CCC1C2. The van der Waals surface area contributed by atoms with Crippen molar-refractivity contribution in [3.63, 3.8) is 0 Å². The third-order valence-corrected chi connectivity index (χ3v) is 9.87. The van der Waals surface area contributed by atoms with Crippen LogP contribution in [0.4, 0.5) is 17.6 Å². The molecule has 212 valence electrons. The molecule has 4 rings (SSSR count). The van der Waals surface area contributed by atoms with Crippen LogP contribution in [0.5, 0.6) is 0 Å². The Hall–Kier alpha value is -1.50. The van der Waals surface area contributed by atoms with Crippen molar-refractivity contribution in [1.29, 1.82) is 0 Å². The van der Waals surface area contributed by atoms with Crippen LogP contribution in [0.3, 0.4) is 0 Å². The Morgan fingerprint density at radius 1 is 0.737 bits per heavy atom. The maximum Gasteiger partial charge on any atom is 0.431 e. The fraction of sp³-hybridized carbons (Fsp3) is 0.586. The zero-order chi connectivity index (χ0) is 28.7. The molecule has 1 N–H and O–H groups in total. The van der Waals surface area contributed by atoms with Gasteiger partial charge in [0.2, 0.25) is 0 Å². The monoisotopic (exact) mass is 574 g/mol. The van der Waals surface area contributed by atoms with Crippen LogP contribution >= 0.6 is 8.58 Å². The standard InChI is InChI=1S/C20H27P.C9H12F4O3S/c1-19(2,3)15-7-11-17(12-8-15)21-18-13-9-16(10-14-18)20(4,5)6;10-8(11,9(12,13)17(14,15)16)7-4-5-1-2-6(7)3-5/h7-14,21H,1-6H3;5-7H,1-4H2,(H,14,15,16). The zero-order valence-corrected chi connectivity index (χ0v) is 24.7. The zero-order valence-electron chi connectivity index (χ0n) is 22.9. The van der Waals surface area contributed by atoms with Gasteiger partial charge in [0.15, 0.2) is 0 Å². The Labute approximate surface area is 226 Å². The van der Waals surface area contributed by atoms with Crippen molar-refractivity contribution in [1.82, 2.24) is 0 Å². The Kier molecular flexibility index (Phi) is 8.83. The molecule has 38 heavy (non-hydrogen) atoms. The number of hydrogen-bond donors (Lipinski definition) is 1. The van der Waals surface area contributed by atoms with E-state index in [2.05, 4.69) is 90.1 Å². The second kappa shape index (κ2) is 10.8. The molecule has 2 fully saturated rings. The lowest BCUT2D eigenvalue weighted by Crippen LogP contribution is -2.52. The highest BCUT2D eigenvalue weighted by Crippen LogP contribution is 2.58. The van der Waals surface area contributed by atoms with E-state index in [1.807, 2.05) is 0 Å². The minimum absolute atomic E-state index is 0.0203. The van der Waals surface area contributed by atoms with E-state index < -0.39 is 33.1 Å². The minimum Gasteiger partial charge on any atom is -0.281 e. The van der Waals surface area contributed by atoms with Crippen LogP contribution in [-0.2, 0) is 20.9 Å². The summed E-state index contributed by atoms with van der Waals surface area (Å²) in [6.45, 7) is 13.6. The van der Waals surface area contributed by atoms with Gasteiger partial charge in [0.25, 0.3) is 0 Å². The molecule has 0 radical (unpaired) electrons. The average molecular weight is 575 g/mol. The van der Waals surface area contributed by atoms with Crippen molar-refractivity contribution in [2.75, 3.05) is 0 Å². The lowest BCUT2D eigenvalue weighted by atomic mass is 9.84. The topological polar surface area (TPSA) is 54.4 Å². The molecule has 2 aliphatic rings. The fourth-order valence-corrected chi connectivity index (χ4v) is 6.85. The van der Waals surface area contributed by atoms with Gasteiger partial charge in [0.05, 0.1) is 0 Å². The third kappa shape index (κ3) is 6.79. The van der Waals surface area contributed by atoms with E-state index in [-0.39, 0.29) is 23.2 Å². The van der Waals surface area contributed by atoms with Crippen LogP contribution in [-0.4, -0.2) is 24.1 Å². The van der Waals surface area contributed by atoms with Crippen molar-refractivity contribution in [3.8, 4) is 0 Å². The van der Waals surface area contributed by atoms with Gasteiger partial charge in [-0.2, -0.15) is 26.0 Å². The first kappa shape index (κ1) is 31.0. The van der Waals surface area contributed by atoms with Gasteiger partial charge in [0, 0.05) is 5.92 Å².